The van der Waals surface area contributed by atoms with Crippen molar-refractivity contribution in [2.45, 2.75) is 32.0 Å². The summed E-state index contributed by atoms with van der Waals surface area (Å²) in [4.78, 5) is 19.8. The molecule has 0 saturated carbocycles. The maximum atomic E-state index is 11.5. The minimum atomic E-state index is -4.40. The second kappa shape index (κ2) is 8.86. The molecule has 1 atom stereocenters. The van der Waals surface area contributed by atoms with Crippen LogP contribution in [-0.2, 0) is 19.1 Å². The zero-order valence-corrected chi connectivity index (χ0v) is 9.97. The first-order valence-corrected chi connectivity index (χ1v) is 4.68. The van der Waals surface area contributed by atoms with E-state index in [1.807, 2.05) is 0 Å². The van der Waals surface area contributed by atoms with Gasteiger partial charge in [-0.25, -0.2) is 0 Å². The van der Waals surface area contributed by atoms with Crippen molar-refractivity contribution in [2.24, 2.45) is 0 Å². The highest BCUT2D eigenvalue weighted by atomic mass is 35.5. The molecule has 17 heavy (non-hydrogen) atoms. The van der Waals surface area contributed by atoms with Crippen LogP contribution in [-0.4, -0.2) is 23.7 Å². The van der Waals surface area contributed by atoms with Crippen LogP contribution < -0.4 is 0 Å². The smallest absolute Gasteiger partial charge is 0.393 e. The van der Waals surface area contributed by atoms with Crippen molar-refractivity contribution in [3.8, 4) is 0 Å². The number of hydrogen-bond acceptors (Lipinski definition) is 4. The van der Waals surface area contributed by atoms with E-state index in [4.69, 9.17) is 11.6 Å². The average molecular weight is 277 g/mol. The van der Waals surface area contributed by atoms with Gasteiger partial charge in [-0.1, -0.05) is 18.2 Å². The molecule has 0 aliphatic rings. The Balaban J connectivity index is 0. The first-order valence-electron chi connectivity index (χ1n) is 4.24. The first kappa shape index (κ1) is 18.1. The van der Waals surface area contributed by atoms with Gasteiger partial charge in [0.2, 0.25) is 0 Å². The van der Waals surface area contributed by atoms with Crippen LogP contribution in [0.4, 0.5) is 13.2 Å². The van der Waals surface area contributed by atoms with Crippen LogP contribution in [0.1, 0.15) is 20.3 Å². The molecule has 0 aromatic heterocycles. The fourth-order valence-electron chi connectivity index (χ4n) is 0.521. The van der Waals surface area contributed by atoms with Gasteiger partial charge in [0.25, 0.3) is 0 Å². The van der Waals surface area contributed by atoms with Gasteiger partial charge in [0, 0.05) is 13.8 Å². The molecule has 0 aromatic rings. The van der Waals surface area contributed by atoms with E-state index in [1.54, 1.807) is 0 Å². The highest BCUT2D eigenvalue weighted by Crippen LogP contribution is 2.24. The molecule has 0 aliphatic carbocycles. The minimum absolute atomic E-state index is 0.329. The quantitative estimate of drug-likeness (QED) is 0.452. The molecule has 0 N–H and O–H groups in total. The van der Waals surface area contributed by atoms with E-state index in [2.05, 4.69) is 16.1 Å². The van der Waals surface area contributed by atoms with E-state index in [-0.39, 0.29) is 5.97 Å². The number of halogens is 4. The number of rotatable bonds is 3. The molecule has 0 aromatic carbocycles. The Labute approximate surface area is 101 Å². The number of carbonyl (C=O) groups is 2. The third-order valence-corrected chi connectivity index (χ3v) is 1.18. The number of hydrogen-bond donors (Lipinski definition) is 0. The SMILES string of the molecule is C=COC(C)=O.CC(=O)OC(Cl)CC(F)(F)F. The largest absolute Gasteiger partial charge is 0.446 e. The molecule has 100 valence electrons. The van der Waals surface area contributed by atoms with E-state index < -0.39 is 24.1 Å². The normalized spacial score (nSPS) is 11.6. The van der Waals surface area contributed by atoms with Crippen molar-refractivity contribution in [2.75, 3.05) is 0 Å². The molecule has 0 rings (SSSR count). The number of ether oxygens (including phenoxy) is 2. The van der Waals surface area contributed by atoms with Gasteiger partial charge in [-0.15, -0.1) is 0 Å². The predicted octanol–water partition coefficient (Wildman–Crippen LogP) is 2.76. The van der Waals surface area contributed by atoms with Crippen LogP contribution in [0.25, 0.3) is 0 Å². The highest BCUT2D eigenvalue weighted by Gasteiger charge is 2.32. The zero-order valence-electron chi connectivity index (χ0n) is 9.21. The van der Waals surface area contributed by atoms with Crippen molar-refractivity contribution < 1.29 is 32.2 Å². The van der Waals surface area contributed by atoms with Gasteiger partial charge in [0.1, 0.15) is 0 Å². The summed E-state index contributed by atoms with van der Waals surface area (Å²) < 4.78 is 42.6. The molecule has 1 unspecified atom stereocenters. The number of esters is 2. The Morgan fingerprint density at radius 2 is 1.82 bits per heavy atom. The molecule has 0 aliphatic heterocycles. The van der Waals surface area contributed by atoms with Gasteiger partial charge in [-0.05, 0) is 0 Å². The van der Waals surface area contributed by atoms with Crippen LogP contribution in [0.3, 0.4) is 0 Å². The van der Waals surface area contributed by atoms with E-state index >= 15 is 0 Å². The summed E-state index contributed by atoms with van der Waals surface area (Å²) in [5.74, 6) is -1.15. The van der Waals surface area contributed by atoms with Crippen molar-refractivity contribution in [1.29, 1.82) is 0 Å². The van der Waals surface area contributed by atoms with Gasteiger partial charge in [-0.3, -0.25) is 9.59 Å². The third-order valence-electron chi connectivity index (χ3n) is 0.935. The van der Waals surface area contributed by atoms with Gasteiger partial charge in [0.05, 0.1) is 12.7 Å². The summed E-state index contributed by atoms with van der Waals surface area (Å²) in [6.07, 6.45) is -4.63. The zero-order chi connectivity index (χ0) is 14.1. The van der Waals surface area contributed by atoms with Crippen molar-refractivity contribution in [3.05, 3.63) is 12.8 Å². The van der Waals surface area contributed by atoms with Gasteiger partial charge in [-0.2, -0.15) is 13.2 Å². The molecule has 0 bridgehead atoms. The number of carbonyl (C=O) groups excluding carboxylic acids is 2. The van der Waals surface area contributed by atoms with Crippen LogP contribution in [0, 0.1) is 0 Å². The Morgan fingerprint density at radius 3 is 2.00 bits per heavy atom. The standard InChI is InChI=1S/C5H6ClF3O2.C4H6O2/c1-3(10)11-4(6)2-5(7,8)9;1-3-6-4(2)5/h4H,2H2,1H3;3H,1H2,2H3. The molecule has 0 fully saturated rings. The molecule has 4 nitrogen and oxygen atoms in total. The lowest BCUT2D eigenvalue weighted by Gasteiger charge is -2.11. The first-order chi connectivity index (χ1) is 7.58. The summed E-state index contributed by atoms with van der Waals surface area (Å²) in [7, 11) is 0. The van der Waals surface area contributed by atoms with Crippen molar-refractivity contribution in [3.63, 3.8) is 0 Å². The van der Waals surface area contributed by atoms with Crippen LogP contribution in [0.15, 0.2) is 12.8 Å². The molecule has 0 heterocycles. The lowest BCUT2D eigenvalue weighted by Crippen LogP contribution is -2.19. The van der Waals surface area contributed by atoms with E-state index in [9.17, 15) is 22.8 Å². The Morgan fingerprint density at radius 1 is 1.35 bits per heavy atom. The topological polar surface area (TPSA) is 52.6 Å². The summed E-state index contributed by atoms with van der Waals surface area (Å²) in [5, 5.41) is 0. The predicted molar refractivity (Wildman–Crippen MR) is 54.0 cm³/mol. The Kier molecular flexibility index (Phi) is 9.45. The summed E-state index contributed by atoms with van der Waals surface area (Å²) in [5.41, 5.74) is -1.62. The molecule has 0 radical (unpaired) electrons. The second-order valence-electron chi connectivity index (χ2n) is 2.61. The molecule has 0 saturated heterocycles. The molecular weight excluding hydrogens is 265 g/mol. The molecule has 8 heteroatoms. The summed E-state index contributed by atoms with van der Waals surface area (Å²) in [6, 6.07) is 0. The third kappa shape index (κ3) is 20.8. The van der Waals surface area contributed by atoms with Gasteiger partial charge in [0.15, 0.2) is 5.56 Å². The van der Waals surface area contributed by atoms with Gasteiger partial charge < -0.3 is 9.47 Å². The number of alkyl halides is 4. The minimum Gasteiger partial charge on any atom is -0.446 e. The van der Waals surface area contributed by atoms with E-state index in [0.717, 1.165) is 13.2 Å². The van der Waals surface area contributed by atoms with Crippen molar-refractivity contribution >= 4 is 23.5 Å². The lowest BCUT2D eigenvalue weighted by molar-refractivity contribution is -0.162. The molecule has 0 spiro atoms. The lowest BCUT2D eigenvalue weighted by atomic mass is 10.4. The van der Waals surface area contributed by atoms with Crippen LogP contribution in [0.2, 0.25) is 0 Å². The Hall–Kier alpha value is -1.24. The van der Waals surface area contributed by atoms with E-state index in [0.29, 0.717) is 0 Å². The second-order valence-corrected chi connectivity index (χ2v) is 3.10. The van der Waals surface area contributed by atoms with E-state index in [1.165, 1.54) is 6.92 Å². The Bertz CT molecular complexity index is 265. The summed E-state index contributed by atoms with van der Waals surface area (Å²) >= 11 is 5.00. The fraction of sp³-hybridized carbons (Fsp3) is 0.556. The monoisotopic (exact) mass is 276 g/mol. The average Bonchev–Trinajstić information content (AvgIpc) is 1.97. The molecular formula is C9H12ClF3O4. The highest BCUT2D eigenvalue weighted by molar-refractivity contribution is 6.20. The van der Waals surface area contributed by atoms with Gasteiger partial charge >= 0.3 is 18.1 Å². The molecule has 0 amide bonds. The van der Waals surface area contributed by atoms with Crippen molar-refractivity contribution in [1.82, 2.24) is 0 Å². The maximum absolute atomic E-state index is 11.5. The summed E-state index contributed by atoms with van der Waals surface area (Å²) in [6.45, 7) is 5.47. The van der Waals surface area contributed by atoms with Crippen LogP contribution in [0.5, 0.6) is 0 Å². The van der Waals surface area contributed by atoms with Crippen LogP contribution >= 0.6 is 11.6 Å². The fourth-order valence-corrected chi connectivity index (χ4v) is 0.821. The maximum Gasteiger partial charge on any atom is 0.393 e.